The average Bonchev–Trinajstić information content (AvgIpc) is 2.48. The summed E-state index contributed by atoms with van der Waals surface area (Å²) in [5, 5.41) is 12.1. The number of carbonyl (C=O) groups is 1. The van der Waals surface area contributed by atoms with Crippen molar-refractivity contribution < 1.29 is 9.90 Å². The fourth-order valence-electron chi connectivity index (χ4n) is 2.97. The zero-order valence-corrected chi connectivity index (χ0v) is 11.7. The number of aliphatic hydroxyl groups is 1. The Balaban J connectivity index is 1.92. The largest absolute Gasteiger partial charge is 0.396 e. The van der Waals surface area contributed by atoms with E-state index in [0.29, 0.717) is 24.0 Å². The van der Waals surface area contributed by atoms with Gasteiger partial charge >= 0.3 is 0 Å². The molecule has 1 aromatic heterocycles. The topological polar surface area (TPSA) is 78.3 Å². The molecule has 1 amide bonds. The summed E-state index contributed by atoms with van der Waals surface area (Å²) in [7, 11) is 0. The lowest BCUT2D eigenvalue weighted by atomic mass is 9.97. The van der Waals surface area contributed by atoms with E-state index in [4.69, 9.17) is 0 Å². The molecule has 20 heavy (non-hydrogen) atoms. The molecule has 0 aliphatic carbocycles. The number of rotatable bonds is 2. The van der Waals surface area contributed by atoms with E-state index in [-0.39, 0.29) is 12.5 Å². The lowest BCUT2D eigenvalue weighted by molar-refractivity contribution is 0.0940. The molecule has 0 atom stereocenters. The Morgan fingerprint density at radius 1 is 1.35 bits per heavy atom. The third kappa shape index (κ3) is 2.35. The van der Waals surface area contributed by atoms with Gasteiger partial charge in [0.15, 0.2) is 0 Å². The number of fused-ring (bicyclic) bond motifs is 1. The highest BCUT2D eigenvalue weighted by atomic mass is 16.3. The Hall–Kier alpha value is -1.69. The van der Waals surface area contributed by atoms with Crippen LogP contribution in [-0.2, 0) is 6.42 Å². The average molecular weight is 276 g/mol. The normalized spacial score (nSPS) is 19.7. The summed E-state index contributed by atoms with van der Waals surface area (Å²) in [6.45, 7) is 4.51. The molecule has 0 bridgehead atoms. The molecule has 1 fully saturated rings. The molecule has 2 N–H and O–H groups in total. The standard InChI is InChI=1S/C14H20N4O2/c1-9-16-12-11(2-5-15-14(12)20)13(17-9)18-6-3-10(8-19)4-7-18/h10,19H,2-8H2,1H3,(H,15,20). The maximum Gasteiger partial charge on any atom is 0.270 e. The highest BCUT2D eigenvalue weighted by Crippen LogP contribution is 2.27. The van der Waals surface area contributed by atoms with Gasteiger partial charge in [-0.3, -0.25) is 4.79 Å². The van der Waals surface area contributed by atoms with Crippen molar-refractivity contribution in [3.05, 3.63) is 17.1 Å². The highest BCUT2D eigenvalue weighted by Gasteiger charge is 2.27. The van der Waals surface area contributed by atoms with E-state index in [9.17, 15) is 9.90 Å². The van der Waals surface area contributed by atoms with Crippen molar-refractivity contribution in [2.75, 3.05) is 31.1 Å². The molecule has 6 nitrogen and oxygen atoms in total. The molecule has 1 saturated heterocycles. The van der Waals surface area contributed by atoms with Gasteiger partial charge in [0.2, 0.25) is 0 Å². The SMILES string of the molecule is Cc1nc2c(c(N3CCC(CO)CC3)n1)CCNC2=O. The van der Waals surface area contributed by atoms with Gasteiger partial charge < -0.3 is 15.3 Å². The van der Waals surface area contributed by atoms with Crippen LogP contribution in [0.5, 0.6) is 0 Å². The van der Waals surface area contributed by atoms with Crippen molar-refractivity contribution >= 4 is 11.7 Å². The van der Waals surface area contributed by atoms with E-state index in [0.717, 1.165) is 43.7 Å². The minimum Gasteiger partial charge on any atom is -0.396 e. The predicted molar refractivity (Wildman–Crippen MR) is 74.8 cm³/mol. The second kappa shape index (κ2) is 5.36. The molecule has 0 radical (unpaired) electrons. The number of amides is 1. The third-order valence-corrected chi connectivity index (χ3v) is 4.14. The molecule has 6 heteroatoms. The summed E-state index contributed by atoms with van der Waals surface area (Å²) in [5.41, 5.74) is 1.50. The first-order valence-electron chi connectivity index (χ1n) is 7.20. The maximum atomic E-state index is 11.9. The van der Waals surface area contributed by atoms with E-state index >= 15 is 0 Å². The lowest BCUT2D eigenvalue weighted by Crippen LogP contribution is -2.39. The van der Waals surface area contributed by atoms with Gasteiger partial charge in [-0.2, -0.15) is 0 Å². The number of hydrogen-bond acceptors (Lipinski definition) is 5. The zero-order chi connectivity index (χ0) is 14.1. The predicted octanol–water partition coefficient (Wildman–Crippen LogP) is 0.280. The molecule has 1 aromatic rings. The molecule has 0 saturated carbocycles. The zero-order valence-electron chi connectivity index (χ0n) is 11.7. The number of nitrogens with zero attached hydrogens (tertiary/aromatic N) is 3. The summed E-state index contributed by atoms with van der Waals surface area (Å²) in [6.07, 6.45) is 2.73. The van der Waals surface area contributed by atoms with E-state index < -0.39 is 0 Å². The molecular weight excluding hydrogens is 256 g/mol. The van der Waals surface area contributed by atoms with E-state index in [1.54, 1.807) is 0 Å². The summed E-state index contributed by atoms with van der Waals surface area (Å²) < 4.78 is 0. The Bertz CT molecular complexity index is 524. The Morgan fingerprint density at radius 2 is 2.10 bits per heavy atom. The van der Waals surface area contributed by atoms with Crippen LogP contribution in [0.15, 0.2) is 0 Å². The van der Waals surface area contributed by atoms with Crippen LogP contribution in [0.25, 0.3) is 0 Å². The van der Waals surface area contributed by atoms with Crippen molar-refractivity contribution in [1.82, 2.24) is 15.3 Å². The van der Waals surface area contributed by atoms with E-state index in [1.165, 1.54) is 0 Å². The van der Waals surface area contributed by atoms with Gasteiger partial charge in [0.25, 0.3) is 5.91 Å². The second-order valence-electron chi connectivity index (χ2n) is 5.54. The smallest absolute Gasteiger partial charge is 0.270 e. The van der Waals surface area contributed by atoms with Crippen LogP contribution in [0, 0.1) is 12.8 Å². The molecule has 108 valence electrons. The molecular formula is C14H20N4O2. The molecule has 0 spiro atoms. The van der Waals surface area contributed by atoms with Crippen LogP contribution in [0.3, 0.4) is 0 Å². The first kappa shape index (κ1) is 13.3. The van der Waals surface area contributed by atoms with Gasteiger partial charge in [-0.25, -0.2) is 9.97 Å². The molecule has 0 aromatic carbocycles. The number of piperidine rings is 1. The van der Waals surface area contributed by atoms with Gasteiger partial charge in [-0.05, 0) is 32.1 Å². The number of hydrogen-bond donors (Lipinski definition) is 2. The van der Waals surface area contributed by atoms with Crippen LogP contribution in [0.4, 0.5) is 5.82 Å². The van der Waals surface area contributed by atoms with Crippen molar-refractivity contribution in [2.24, 2.45) is 5.92 Å². The fraction of sp³-hybridized carbons (Fsp3) is 0.643. The summed E-state index contributed by atoms with van der Waals surface area (Å²) in [4.78, 5) is 23.0. The molecule has 2 aliphatic rings. The van der Waals surface area contributed by atoms with Crippen molar-refractivity contribution in [2.45, 2.75) is 26.2 Å². The summed E-state index contributed by atoms with van der Waals surface area (Å²) in [5.74, 6) is 1.86. The van der Waals surface area contributed by atoms with E-state index in [1.807, 2.05) is 6.92 Å². The summed E-state index contributed by atoms with van der Waals surface area (Å²) >= 11 is 0. The van der Waals surface area contributed by atoms with Crippen LogP contribution in [0.1, 0.15) is 34.7 Å². The minimum absolute atomic E-state index is 0.0942. The monoisotopic (exact) mass is 276 g/mol. The van der Waals surface area contributed by atoms with Crippen molar-refractivity contribution in [3.63, 3.8) is 0 Å². The number of carbonyl (C=O) groups excluding carboxylic acids is 1. The highest BCUT2D eigenvalue weighted by molar-refractivity contribution is 5.96. The Kier molecular flexibility index (Phi) is 3.56. The number of aryl methyl sites for hydroxylation is 1. The molecule has 0 unspecified atom stereocenters. The van der Waals surface area contributed by atoms with Crippen molar-refractivity contribution in [3.8, 4) is 0 Å². The van der Waals surface area contributed by atoms with Crippen LogP contribution in [-0.4, -0.2) is 47.2 Å². The maximum absolute atomic E-state index is 11.9. The molecule has 3 heterocycles. The molecule has 2 aliphatic heterocycles. The van der Waals surface area contributed by atoms with Gasteiger partial charge in [-0.15, -0.1) is 0 Å². The minimum atomic E-state index is -0.0942. The lowest BCUT2D eigenvalue weighted by Gasteiger charge is -2.34. The molecule has 3 rings (SSSR count). The fourth-order valence-corrected chi connectivity index (χ4v) is 2.97. The Morgan fingerprint density at radius 3 is 2.80 bits per heavy atom. The number of aromatic nitrogens is 2. The first-order valence-corrected chi connectivity index (χ1v) is 7.20. The number of aliphatic hydroxyl groups excluding tert-OH is 1. The van der Waals surface area contributed by atoms with Gasteiger partial charge in [0.1, 0.15) is 17.3 Å². The second-order valence-corrected chi connectivity index (χ2v) is 5.54. The Labute approximate surface area is 118 Å². The number of anilines is 1. The van der Waals surface area contributed by atoms with Gasteiger partial charge in [0.05, 0.1) is 0 Å². The summed E-state index contributed by atoms with van der Waals surface area (Å²) in [6, 6.07) is 0. The van der Waals surface area contributed by atoms with Crippen LogP contribution >= 0.6 is 0 Å². The van der Waals surface area contributed by atoms with Crippen molar-refractivity contribution in [1.29, 1.82) is 0 Å². The third-order valence-electron chi connectivity index (χ3n) is 4.14. The first-order chi connectivity index (χ1) is 9.69. The van der Waals surface area contributed by atoms with E-state index in [2.05, 4.69) is 20.2 Å². The van der Waals surface area contributed by atoms with Gasteiger partial charge in [-0.1, -0.05) is 0 Å². The number of nitrogens with one attached hydrogen (secondary N) is 1. The van der Waals surface area contributed by atoms with Crippen LogP contribution < -0.4 is 10.2 Å². The van der Waals surface area contributed by atoms with Gasteiger partial charge in [0, 0.05) is 31.8 Å². The quantitative estimate of drug-likeness (QED) is 0.811. The van der Waals surface area contributed by atoms with Crippen LogP contribution in [0.2, 0.25) is 0 Å².